The van der Waals surface area contributed by atoms with Crippen molar-refractivity contribution in [1.82, 2.24) is 5.32 Å². The SMILES string of the molecule is Br.CCOC(=O)C1CCNCC1.O. The summed E-state index contributed by atoms with van der Waals surface area (Å²) in [7, 11) is 0. The Labute approximate surface area is 89.1 Å². The maximum atomic E-state index is 11.1. The Balaban J connectivity index is 0. The van der Waals surface area contributed by atoms with Crippen molar-refractivity contribution in [3.63, 3.8) is 0 Å². The summed E-state index contributed by atoms with van der Waals surface area (Å²) in [6.45, 7) is 4.24. The molecule has 13 heavy (non-hydrogen) atoms. The zero-order chi connectivity index (χ0) is 8.10. The minimum Gasteiger partial charge on any atom is -0.466 e. The van der Waals surface area contributed by atoms with Gasteiger partial charge in [0.2, 0.25) is 0 Å². The summed E-state index contributed by atoms with van der Waals surface area (Å²) in [6.07, 6.45) is 1.86. The number of ether oxygens (including phenoxy) is 1. The van der Waals surface area contributed by atoms with Crippen LogP contribution in [0, 0.1) is 5.92 Å². The van der Waals surface area contributed by atoms with Crippen LogP contribution >= 0.6 is 17.0 Å². The van der Waals surface area contributed by atoms with Crippen LogP contribution in [0.25, 0.3) is 0 Å². The van der Waals surface area contributed by atoms with Crippen molar-refractivity contribution >= 4 is 23.0 Å². The molecule has 0 aromatic rings. The quantitative estimate of drug-likeness (QED) is 0.722. The van der Waals surface area contributed by atoms with Gasteiger partial charge in [0, 0.05) is 0 Å². The molecular formula is C8H18BrNO3. The topological polar surface area (TPSA) is 69.8 Å². The van der Waals surface area contributed by atoms with Crippen LogP contribution in [0.3, 0.4) is 0 Å². The molecular weight excluding hydrogens is 238 g/mol. The summed E-state index contributed by atoms with van der Waals surface area (Å²) in [4.78, 5) is 11.1. The second kappa shape index (κ2) is 8.47. The van der Waals surface area contributed by atoms with Crippen molar-refractivity contribution in [3.8, 4) is 0 Å². The smallest absolute Gasteiger partial charge is 0.309 e. The lowest BCUT2D eigenvalue weighted by atomic mass is 9.99. The number of esters is 1. The van der Waals surface area contributed by atoms with E-state index in [1.807, 2.05) is 6.92 Å². The normalized spacial score (nSPS) is 16.7. The zero-order valence-corrected chi connectivity index (χ0v) is 9.55. The minimum atomic E-state index is -0.0194. The first-order valence-corrected chi connectivity index (χ1v) is 4.22. The summed E-state index contributed by atoms with van der Waals surface area (Å²) in [5.41, 5.74) is 0. The fourth-order valence-corrected chi connectivity index (χ4v) is 1.32. The van der Waals surface area contributed by atoms with Gasteiger partial charge in [0.25, 0.3) is 0 Å². The Morgan fingerprint density at radius 2 is 2.00 bits per heavy atom. The van der Waals surface area contributed by atoms with Crippen LogP contribution in [0.2, 0.25) is 0 Å². The highest BCUT2D eigenvalue weighted by Gasteiger charge is 2.21. The number of carbonyl (C=O) groups excluding carboxylic acids is 1. The zero-order valence-electron chi connectivity index (χ0n) is 7.84. The Morgan fingerprint density at radius 1 is 1.46 bits per heavy atom. The first-order chi connectivity index (χ1) is 5.34. The fraction of sp³-hybridized carbons (Fsp3) is 0.875. The van der Waals surface area contributed by atoms with E-state index in [0.29, 0.717) is 6.61 Å². The van der Waals surface area contributed by atoms with Gasteiger partial charge in [-0.15, -0.1) is 17.0 Å². The molecule has 1 saturated heterocycles. The number of piperidine rings is 1. The fourth-order valence-electron chi connectivity index (χ4n) is 1.32. The van der Waals surface area contributed by atoms with E-state index in [0.717, 1.165) is 25.9 Å². The molecule has 0 bridgehead atoms. The van der Waals surface area contributed by atoms with E-state index in [9.17, 15) is 4.79 Å². The Bertz CT molecular complexity index is 137. The Hall–Kier alpha value is -0.130. The van der Waals surface area contributed by atoms with Crippen LogP contribution in [-0.4, -0.2) is 31.1 Å². The van der Waals surface area contributed by atoms with E-state index >= 15 is 0 Å². The van der Waals surface area contributed by atoms with E-state index < -0.39 is 0 Å². The van der Waals surface area contributed by atoms with Gasteiger partial charge in [0.05, 0.1) is 12.5 Å². The third kappa shape index (κ3) is 5.23. The molecule has 0 unspecified atom stereocenters. The Morgan fingerprint density at radius 3 is 2.46 bits per heavy atom. The third-order valence-electron chi connectivity index (χ3n) is 1.96. The summed E-state index contributed by atoms with van der Waals surface area (Å²) in [5.74, 6) is 0.130. The highest BCUT2D eigenvalue weighted by molar-refractivity contribution is 8.93. The largest absolute Gasteiger partial charge is 0.466 e. The van der Waals surface area contributed by atoms with E-state index in [4.69, 9.17) is 4.74 Å². The van der Waals surface area contributed by atoms with Crippen molar-refractivity contribution < 1.29 is 15.0 Å². The molecule has 0 saturated carbocycles. The lowest BCUT2D eigenvalue weighted by Crippen LogP contribution is -2.32. The Kier molecular flexibility index (Phi) is 10.00. The van der Waals surface area contributed by atoms with Gasteiger partial charge in [0.15, 0.2) is 0 Å². The number of carbonyl (C=O) groups is 1. The summed E-state index contributed by atoms with van der Waals surface area (Å²) < 4.78 is 4.91. The van der Waals surface area contributed by atoms with Crippen molar-refractivity contribution in [2.24, 2.45) is 5.92 Å². The molecule has 3 N–H and O–H groups in total. The molecule has 0 radical (unpaired) electrons. The van der Waals surface area contributed by atoms with Gasteiger partial charge in [-0.05, 0) is 32.9 Å². The molecule has 0 amide bonds. The summed E-state index contributed by atoms with van der Waals surface area (Å²) in [6, 6.07) is 0. The van der Waals surface area contributed by atoms with Crippen LogP contribution in [0.4, 0.5) is 0 Å². The van der Waals surface area contributed by atoms with Gasteiger partial charge in [-0.1, -0.05) is 0 Å². The molecule has 1 aliphatic heterocycles. The molecule has 1 rings (SSSR count). The predicted octanol–water partition coefficient (Wildman–Crippen LogP) is 0.302. The van der Waals surface area contributed by atoms with E-state index in [-0.39, 0.29) is 34.3 Å². The van der Waals surface area contributed by atoms with E-state index in [2.05, 4.69) is 5.32 Å². The number of halogens is 1. The lowest BCUT2D eigenvalue weighted by molar-refractivity contribution is -0.148. The molecule has 0 spiro atoms. The predicted molar refractivity (Wildman–Crippen MR) is 56.2 cm³/mol. The molecule has 1 fully saturated rings. The van der Waals surface area contributed by atoms with Crippen molar-refractivity contribution in [3.05, 3.63) is 0 Å². The van der Waals surface area contributed by atoms with Crippen LogP contribution in [0.15, 0.2) is 0 Å². The third-order valence-corrected chi connectivity index (χ3v) is 1.96. The first-order valence-electron chi connectivity index (χ1n) is 4.22. The standard InChI is InChI=1S/C8H15NO2.BrH.H2O/c1-2-11-8(10)7-3-5-9-6-4-7;;/h7,9H,2-6H2,1H3;1H;1H2. The molecule has 80 valence electrons. The number of rotatable bonds is 2. The van der Waals surface area contributed by atoms with Gasteiger partial charge in [-0.25, -0.2) is 0 Å². The van der Waals surface area contributed by atoms with Gasteiger partial charge < -0.3 is 15.5 Å². The molecule has 1 heterocycles. The summed E-state index contributed by atoms with van der Waals surface area (Å²) >= 11 is 0. The van der Waals surface area contributed by atoms with Crippen LogP contribution in [0.5, 0.6) is 0 Å². The maximum absolute atomic E-state index is 11.1. The van der Waals surface area contributed by atoms with Gasteiger partial charge in [-0.3, -0.25) is 4.79 Å². The molecule has 4 nitrogen and oxygen atoms in total. The van der Waals surface area contributed by atoms with Crippen LogP contribution in [0.1, 0.15) is 19.8 Å². The maximum Gasteiger partial charge on any atom is 0.309 e. The summed E-state index contributed by atoms with van der Waals surface area (Å²) in [5, 5.41) is 3.20. The van der Waals surface area contributed by atoms with Crippen molar-refractivity contribution in [2.75, 3.05) is 19.7 Å². The first kappa shape index (κ1) is 15.3. The second-order valence-electron chi connectivity index (χ2n) is 2.78. The van der Waals surface area contributed by atoms with Crippen molar-refractivity contribution in [1.29, 1.82) is 0 Å². The molecule has 5 heteroatoms. The van der Waals surface area contributed by atoms with Crippen LogP contribution < -0.4 is 5.32 Å². The monoisotopic (exact) mass is 255 g/mol. The average Bonchev–Trinajstić information content (AvgIpc) is 2.07. The van der Waals surface area contributed by atoms with Crippen molar-refractivity contribution in [2.45, 2.75) is 19.8 Å². The van der Waals surface area contributed by atoms with Gasteiger partial charge in [-0.2, -0.15) is 0 Å². The number of hydrogen-bond donors (Lipinski definition) is 1. The van der Waals surface area contributed by atoms with Gasteiger partial charge >= 0.3 is 5.97 Å². The number of nitrogens with one attached hydrogen (secondary N) is 1. The highest BCUT2D eigenvalue weighted by atomic mass is 79.9. The minimum absolute atomic E-state index is 0. The van der Waals surface area contributed by atoms with E-state index in [1.54, 1.807) is 0 Å². The lowest BCUT2D eigenvalue weighted by Gasteiger charge is -2.20. The molecule has 0 aromatic heterocycles. The second-order valence-corrected chi connectivity index (χ2v) is 2.78. The average molecular weight is 256 g/mol. The number of hydrogen-bond acceptors (Lipinski definition) is 3. The van der Waals surface area contributed by atoms with Gasteiger partial charge in [0.1, 0.15) is 0 Å². The molecule has 0 aliphatic carbocycles. The molecule has 0 aromatic carbocycles. The molecule has 1 aliphatic rings. The highest BCUT2D eigenvalue weighted by Crippen LogP contribution is 2.12. The molecule has 0 atom stereocenters. The van der Waals surface area contributed by atoms with Crippen LogP contribution in [-0.2, 0) is 9.53 Å². The van der Waals surface area contributed by atoms with E-state index in [1.165, 1.54) is 0 Å².